The zero-order valence-corrected chi connectivity index (χ0v) is 12.4. The molecule has 0 unspecified atom stereocenters. The minimum absolute atomic E-state index is 0.0184. The third-order valence-corrected chi connectivity index (χ3v) is 3.32. The number of carbonyl (C=O) groups is 1. The van der Waals surface area contributed by atoms with Crippen molar-refractivity contribution in [3.8, 4) is 5.88 Å². The minimum atomic E-state index is -0.455. The van der Waals surface area contributed by atoms with E-state index in [0.717, 1.165) is 5.56 Å². The van der Waals surface area contributed by atoms with Gasteiger partial charge in [-0.05, 0) is 17.7 Å². The van der Waals surface area contributed by atoms with Gasteiger partial charge in [0, 0.05) is 24.9 Å². The average Bonchev–Trinajstić information content (AvgIpc) is 2.60. The zero-order chi connectivity index (χ0) is 16.2. The summed E-state index contributed by atoms with van der Waals surface area (Å²) < 4.78 is 10.5. The van der Waals surface area contributed by atoms with Crippen LogP contribution in [0.1, 0.15) is 16.1 Å². The predicted molar refractivity (Wildman–Crippen MR) is 84.4 cm³/mol. The molecule has 1 amide bonds. The SMILES string of the molecule is COc1ccc(CNC(=O)c2cc(=O)c3ccccc3o2)cn1. The Bertz CT molecular complexity index is 900. The number of pyridine rings is 1. The highest BCUT2D eigenvalue weighted by Crippen LogP contribution is 2.12. The Labute approximate surface area is 131 Å². The monoisotopic (exact) mass is 310 g/mol. The largest absolute Gasteiger partial charge is 0.481 e. The van der Waals surface area contributed by atoms with E-state index in [9.17, 15) is 9.59 Å². The van der Waals surface area contributed by atoms with Crippen molar-refractivity contribution in [2.24, 2.45) is 0 Å². The summed E-state index contributed by atoms with van der Waals surface area (Å²) in [5.41, 5.74) is 0.946. The van der Waals surface area contributed by atoms with E-state index >= 15 is 0 Å². The average molecular weight is 310 g/mol. The Kier molecular flexibility index (Phi) is 4.05. The van der Waals surface area contributed by atoms with Gasteiger partial charge in [-0.15, -0.1) is 0 Å². The quantitative estimate of drug-likeness (QED) is 0.798. The molecular weight excluding hydrogens is 296 g/mol. The number of carbonyl (C=O) groups excluding carboxylic acids is 1. The molecule has 1 aromatic carbocycles. The number of benzene rings is 1. The lowest BCUT2D eigenvalue weighted by Crippen LogP contribution is -2.24. The molecule has 0 aliphatic heterocycles. The van der Waals surface area contributed by atoms with Crippen molar-refractivity contribution in [2.45, 2.75) is 6.54 Å². The van der Waals surface area contributed by atoms with Crippen molar-refractivity contribution in [3.63, 3.8) is 0 Å². The third-order valence-electron chi connectivity index (χ3n) is 3.32. The Hall–Kier alpha value is -3.15. The number of nitrogens with zero attached hydrogens (tertiary/aromatic N) is 1. The number of hydrogen-bond donors (Lipinski definition) is 1. The zero-order valence-electron chi connectivity index (χ0n) is 12.4. The molecular formula is C17H14N2O4. The molecule has 0 saturated carbocycles. The van der Waals surface area contributed by atoms with Crippen LogP contribution in [0, 0.1) is 0 Å². The van der Waals surface area contributed by atoms with Crippen LogP contribution >= 0.6 is 0 Å². The van der Waals surface area contributed by atoms with Gasteiger partial charge in [0.25, 0.3) is 5.91 Å². The van der Waals surface area contributed by atoms with Gasteiger partial charge in [-0.1, -0.05) is 18.2 Å². The molecule has 23 heavy (non-hydrogen) atoms. The molecule has 6 nitrogen and oxygen atoms in total. The van der Waals surface area contributed by atoms with Gasteiger partial charge in [0.15, 0.2) is 11.2 Å². The summed E-state index contributed by atoms with van der Waals surface area (Å²) in [6.07, 6.45) is 1.61. The van der Waals surface area contributed by atoms with Crippen LogP contribution in [0.15, 0.2) is 57.9 Å². The maximum absolute atomic E-state index is 12.1. The Morgan fingerprint density at radius 3 is 2.83 bits per heavy atom. The highest BCUT2D eigenvalue weighted by molar-refractivity contribution is 5.93. The van der Waals surface area contributed by atoms with E-state index in [0.29, 0.717) is 16.8 Å². The number of rotatable bonds is 4. The molecule has 3 aromatic rings. The van der Waals surface area contributed by atoms with Crippen molar-refractivity contribution in [1.82, 2.24) is 10.3 Å². The minimum Gasteiger partial charge on any atom is -0.481 e. The molecule has 3 rings (SSSR count). The van der Waals surface area contributed by atoms with E-state index in [2.05, 4.69) is 10.3 Å². The van der Waals surface area contributed by atoms with Gasteiger partial charge in [0.05, 0.1) is 12.5 Å². The number of amides is 1. The first-order valence-electron chi connectivity index (χ1n) is 6.97. The molecule has 2 heterocycles. The summed E-state index contributed by atoms with van der Waals surface area (Å²) in [4.78, 5) is 28.2. The summed E-state index contributed by atoms with van der Waals surface area (Å²) in [7, 11) is 1.53. The number of para-hydroxylation sites is 1. The second kappa shape index (κ2) is 6.31. The van der Waals surface area contributed by atoms with Crippen molar-refractivity contribution in [1.29, 1.82) is 0 Å². The highest BCUT2D eigenvalue weighted by Gasteiger charge is 2.11. The van der Waals surface area contributed by atoms with Crippen LogP contribution in [0.4, 0.5) is 0 Å². The van der Waals surface area contributed by atoms with E-state index < -0.39 is 5.91 Å². The first-order valence-corrected chi connectivity index (χ1v) is 6.97. The van der Waals surface area contributed by atoms with E-state index in [4.69, 9.17) is 9.15 Å². The van der Waals surface area contributed by atoms with Crippen molar-refractivity contribution >= 4 is 16.9 Å². The van der Waals surface area contributed by atoms with E-state index in [1.165, 1.54) is 13.2 Å². The summed E-state index contributed by atoms with van der Waals surface area (Å²) in [6, 6.07) is 11.5. The summed E-state index contributed by atoms with van der Waals surface area (Å²) in [5, 5.41) is 3.14. The Morgan fingerprint density at radius 2 is 2.09 bits per heavy atom. The van der Waals surface area contributed by atoms with Crippen molar-refractivity contribution in [3.05, 3.63) is 70.2 Å². The highest BCUT2D eigenvalue weighted by atomic mass is 16.5. The molecule has 0 fully saturated rings. The van der Waals surface area contributed by atoms with E-state index in [1.54, 1.807) is 42.6 Å². The lowest BCUT2D eigenvalue weighted by molar-refractivity contribution is 0.0923. The standard InChI is InChI=1S/C17H14N2O4/c1-22-16-7-6-11(9-18-16)10-19-17(21)15-8-13(20)12-4-2-3-5-14(12)23-15/h2-9H,10H2,1H3,(H,19,21). The normalized spacial score (nSPS) is 10.5. The number of aromatic nitrogens is 1. The van der Waals surface area contributed by atoms with Crippen LogP contribution < -0.4 is 15.5 Å². The lowest BCUT2D eigenvalue weighted by atomic mass is 10.2. The Balaban J connectivity index is 1.76. The second-order valence-corrected chi connectivity index (χ2v) is 4.86. The molecule has 0 radical (unpaired) electrons. The third kappa shape index (κ3) is 3.21. The van der Waals surface area contributed by atoms with E-state index in [1.807, 2.05) is 0 Å². The van der Waals surface area contributed by atoms with Crippen LogP contribution in [0.25, 0.3) is 11.0 Å². The summed E-state index contributed by atoms with van der Waals surface area (Å²) in [5.74, 6) is 0.0273. The molecule has 6 heteroatoms. The molecule has 0 bridgehead atoms. The van der Waals surface area contributed by atoms with Crippen LogP contribution in [-0.2, 0) is 6.54 Å². The van der Waals surface area contributed by atoms with Crippen molar-refractivity contribution < 1.29 is 13.9 Å². The van der Waals surface area contributed by atoms with Gasteiger partial charge in [0.1, 0.15) is 5.58 Å². The van der Waals surface area contributed by atoms with Gasteiger partial charge < -0.3 is 14.5 Å². The smallest absolute Gasteiger partial charge is 0.287 e. The molecule has 0 spiro atoms. The lowest BCUT2D eigenvalue weighted by Gasteiger charge is -2.06. The van der Waals surface area contributed by atoms with Crippen LogP contribution in [0.3, 0.4) is 0 Å². The first kappa shape index (κ1) is 14.8. The van der Waals surface area contributed by atoms with Gasteiger partial charge in [0.2, 0.25) is 5.88 Å². The van der Waals surface area contributed by atoms with Crippen molar-refractivity contribution in [2.75, 3.05) is 7.11 Å². The first-order chi connectivity index (χ1) is 11.2. The predicted octanol–water partition coefficient (Wildman–Crippen LogP) is 2.13. The molecule has 0 aliphatic rings. The van der Waals surface area contributed by atoms with Gasteiger partial charge in [-0.2, -0.15) is 0 Å². The topological polar surface area (TPSA) is 81.4 Å². The molecule has 0 atom stereocenters. The number of hydrogen-bond acceptors (Lipinski definition) is 5. The number of fused-ring (bicyclic) bond motifs is 1. The fourth-order valence-electron chi connectivity index (χ4n) is 2.12. The second-order valence-electron chi connectivity index (χ2n) is 4.86. The van der Waals surface area contributed by atoms with E-state index in [-0.39, 0.29) is 17.7 Å². The molecule has 0 aliphatic carbocycles. The van der Waals surface area contributed by atoms with Crippen LogP contribution in [0.2, 0.25) is 0 Å². The molecule has 1 N–H and O–H groups in total. The summed E-state index contributed by atoms with van der Waals surface area (Å²) >= 11 is 0. The Morgan fingerprint density at radius 1 is 1.26 bits per heavy atom. The molecule has 116 valence electrons. The number of nitrogens with one attached hydrogen (secondary N) is 1. The van der Waals surface area contributed by atoms with Gasteiger partial charge >= 0.3 is 0 Å². The maximum atomic E-state index is 12.1. The van der Waals surface area contributed by atoms with Crippen LogP contribution in [0.5, 0.6) is 5.88 Å². The molecule has 0 saturated heterocycles. The van der Waals surface area contributed by atoms with Gasteiger partial charge in [-0.25, -0.2) is 4.98 Å². The summed E-state index contributed by atoms with van der Waals surface area (Å²) in [6.45, 7) is 0.270. The number of methoxy groups -OCH3 is 1. The van der Waals surface area contributed by atoms with Gasteiger partial charge in [-0.3, -0.25) is 9.59 Å². The van der Waals surface area contributed by atoms with Crippen LogP contribution in [-0.4, -0.2) is 18.0 Å². The molecule has 2 aromatic heterocycles. The number of ether oxygens (including phenoxy) is 1. The fourth-order valence-corrected chi connectivity index (χ4v) is 2.12. The maximum Gasteiger partial charge on any atom is 0.287 e. The fraction of sp³-hybridized carbons (Fsp3) is 0.118.